The van der Waals surface area contributed by atoms with Gasteiger partial charge in [0.05, 0.1) is 16.3 Å². The van der Waals surface area contributed by atoms with Crippen LogP contribution >= 0.6 is 11.6 Å². The number of alkyl halides is 5. The van der Waals surface area contributed by atoms with Crippen LogP contribution in [-0.4, -0.2) is 59.9 Å². The number of carbonyl (C=O) groups excluding carboxylic acids is 2. The van der Waals surface area contributed by atoms with Crippen LogP contribution in [0.15, 0.2) is 18.2 Å². The fourth-order valence-electron chi connectivity index (χ4n) is 4.97. The summed E-state index contributed by atoms with van der Waals surface area (Å²) in [6.45, 7) is 0.513. The van der Waals surface area contributed by atoms with E-state index in [0.717, 1.165) is 31.0 Å². The number of Topliss-reactive ketones (excluding diaryl/α,β-unsaturated/α-hetero) is 1. The Hall–Kier alpha value is -2.91. The van der Waals surface area contributed by atoms with E-state index >= 15 is 0 Å². The van der Waals surface area contributed by atoms with Crippen molar-refractivity contribution in [2.24, 2.45) is 11.3 Å². The number of aryl methyl sites for hydroxylation is 1. The molecule has 0 unspecified atom stereocenters. The molecular weight excluding hydrogens is 613 g/mol. The van der Waals surface area contributed by atoms with Gasteiger partial charge in [-0.25, -0.2) is 0 Å². The van der Waals surface area contributed by atoms with E-state index < -0.39 is 58.4 Å². The highest BCUT2D eigenvalue weighted by Gasteiger charge is 2.68. The summed E-state index contributed by atoms with van der Waals surface area (Å²) in [5.74, 6) is -2.02. The number of benzene rings is 1. The van der Waals surface area contributed by atoms with Crippen LogP contribution in [0, 0.1) is 11.3 Å². The molecule has 1 aromatic heterocycles. The molecule has 2 N–H and O–H groups in total. The number of nitrogens with one attached hydrogen (secondary N) is 1. The molecule has 1 aromatic carbocycles. The summed E-state index contributed by atoms with van der Waals surface area (Å²) in [5, 5.41) is 17.4. The van der Waals surface area contributed by atoms with Gasteiger partial charge in [-0.1, -0.05) is 24.6 Å². The van der Waals surface area contributed by atoms with Gasteiger partial charge in [0.25, 0.3) is 5.91 Å². The molecule has 0 atom stereocenters. The number of aromatic nitrogens is 2. The topological polar surface area (TPSA) is 128 Å². The lowest BCUT2D eigenvalue weighted by molar-refractivity contribution is -0.171. The van der Waals surface area contributed by atoms with E-state index in [9.17, 15) is 36.6 Å². The molecule has 1 heterocycles. The normalized spacial score (nSPS) is 21.2. The maximum absolute atomic E-state index is 13.5. The minimum atomic E-state index is -4.78. The number of hydrogen-bond donors (Lipinski definition) is 2. The molecule has 2 saturated carbocycles. The Labute approximate surface area is 246 Å². The lowest BCUT2D eigenvalue weighted by atomic mass is 9.79. The molecule has 232 valence electrons. The van der Waals surface area contributed by atoms with Gasteiger partial charge in [-0.2, -0.15) is 35.5 Å². The maximum atomic E-state index is 13.5. The summed E-state index contributed by atoms with van der Waals surface area (Å²) in [6, 6.07) is 3.07. The fourth-order valence-corrected chi connectivity index (χ4v) is 5.29. The molecule has 0 aliphatic heterocycles. The van der Waals surface area contributed by atoms with Gasteiger partial charge in [0, 0.05) is 24.2 Å². The molecule has 2 aromatic rings. The lowest BCUT2D eigenvalue weighted by Crippen LogP contribution is -2.45. The molecule has 2 aliphatic rings. The highest BCUT2D eigenvalue weighted by Crippen LogP contribution is 2.59. The van der Waals surface area contributed by atoms with Crippen LogP contribution in [0.5, 0.6) is 5.75 Å². The second-order valence-electron chi connectivity index (χ2n) is 10.5. The number of aliphatic hydroxyl groups is 1. The Morgan fingerprint density at radius 3 is 2.31 bits per heavy atom. The highest BCUT2D eigenvalue weighted by atomic mass is 35.5. The standard InChI is InChI=1S/C26H29ClF5N3O4.O2S/c1-3-35-20(18(27)19(34-35)22(37)33-13-24(38)8-6-14(2)7-9-24)16-5-4-15(12-17(16)39-23(28)29)21(36)25(10-11-25)26(30,31)32;1-3-2/h4-5,12,14,23,38H,3,6-11,13H2,1-2H3,(H,33,37);. The first-order valence-corrected chi connectivity index (χ1v) is 14.1. The summed E-state index contributed by atoms with van der Waals surface area (Å²) in [6.07, 6.45) is -2.87. The summed E-state index contributed by atoms with van der Waals surface area (Å²) >= 11 is 5.75. The van der Waals surface area contributed by atoms with Crippen molar-refractivity contribution >= 4 is 34.9 Å². The van der Waals surface area contributed by atoms with E-state index in [1.165, 1.54) is 4.68 Å². The van der Waals surface area contributed by atoms with Gasteiger partial charge in [-0.05, 0) is 63.5 Å². The van der Waals surface area contributed by atoms with Crippen LogP contribution in [0.4, 0.5) is 22.0 Å². The fraction of sp³-hybridized carbons (Fsp3) is 0.577. The van der Waals surface area contributed by atoms with Gasteiger partial charge in [-0.3, -0.25) is 14.3 Å². The molecule has 0 spiro atoms. The number of rotatable bonds is 9. The van der Waals surface area contributed by atoms with Crippen molar-refractivity contribution in [3.05, 3.63) is 34.5 Å². The molecule has 1 amide bonds. The van der Waals surface area contributed by atoms with Crippen molar-refractivity contribution < 1.29 is 49.8 Å². The van der Waals surface area contributed by atoms with Crippen molar-refractivity contribution in [2.75, 3.05) is 6.54 Å². The average molecular weight is 642 g/mol. The number of ketones is 1. The first kappa shape index (κ1) is 33.6. The van der Waals surface area contributed by atoms with Crippen LogP contribution < -0.4 is 10.1 Å². The quantitative estimate of drug-likeness (QED) is 0.279. The zero-order valence-corrected chi connectivity index (χ0v) is 24.2. The lowest BCUT2D eigenvalue weighted by Gasteiger charge is -2.34. The van der Waals surface area contributed by atoms with E-state index in [1.807, 2.05) is 0 Å². The second-order valence-corrected chi connectivity index (χ2v) is 11.0. The summed E-state index contributed by atoms with van der Waals surface area (Å²) in [7, 11) is 0. The van der Waals surface area contributed by atoms with Gasteiger partial charge in [0.1, 0.15) is 11.2 Å². The van der Waals surface area contributed by atoms with Crippen LogP contribution in [-0.2, 0) is 18.1 Å². The molecular formula is C26H29ClF5N3O6S. The first-order chi connectivity index (χ1) is 19.6. The van der Waals surface area contributed by atoms with Crippen LogP contribution in [0.25, 0.3) is 11.3 Å². The Kier molecular flexibility index (Phi) is 10.5. The van der Waals surface area contributed by atoms with Crippen molar-refractivity contribution in [2.45, 2.75) is 77.3 Å². The minimum absolute atomic E-state index is 0.0149. The number of nitrogens with zero attached hydrogens (tertiary/aromatic N) is 2. The Balaban J connectivity index is 0.00000155. The van der Waals surface area contributed by atoms with E-state index in [-0.39, 0.29) is 47.9 Å². The third-order valence-corrected chi connectivity index (χ3v) is 7.99. The molecule has 16 heteroatoms. The van der Waals surface area contributed by atoms with Crippen molar-refractivity contribution in [1.29, 1.82) is 0 Å². The molecule has 9 nitrogen and oxygen atoms in total. The smallest absolute Gasteiger partial charge is 0.401 e. The predicted octanol–water partition coefficient (Wildman–Crippen LogP) is 5.35. The Bertz CT molecular complexity index is 1350. The molecule has 0 bridgehead atoms. The minimum Gasteiger partial charge on any atom is -0.434 e. The Morgan fingerprint density at radius 2 is 1.81 bits per heavy atom. The van der Waals surface area contributed by atoms with Crippen LogP contribution in [0.3, 0.4) is 0 Å². The zero-order valence-electron chi connectivity index (χ0n) is 22.6. The van der Waals surface area contributed by atoms with Crippen molar-refractivity contribution in [3.63, 3.8) is 0 Å². The predicted molar refractivity (Wildman–Crippen MR) is 141 cm³/mol. The van der Waals surface area contributed by atoms with E-state index in [1.54, 1.807) is 6.92 Å². The third-order valence-electron chi connectivity index (χ3n) is 7.63. The molecule has 4 rings (SSSR count). The van der Waals surface area contributed by atoms with Gasteiger partial charge in [0.2, 0.25) is 0 Å². The second kappa shape index (κ2) is 13.2. The van der Waals surface area contributed by atoms with Gasteiger partial charge in [0.15, 0.2) is 11.5 Å². The van der Waals surface area contributed by atoms with E-state index in [2.05, 4.69) is 22.1 Å². The van der Waals surface area contributed by atoms with Gasteiger partial charge >= 0.3 is 24.4 Å². The largest absolute Gasteiger partial charge is 0.434 e. The monoisotopic (exact) mass is 641 g/mol. The average Bonchev–Trinajstić information content (AvgIpc) is 3.68. The van der Waals surface area contributed by atoms with E-state index in [0.29, 0.717) is 18.8 Å². The number of ether oxygens (including phenoxy) is 1. The van der Waals surface area contributed by atoms with E-state index in [4.69, 9.17) is 20.0 Å². The number of hydrogen-bond acceptors (Lipinski definition) is 7. The van der Waals surface area contributed by atoms with Crippen molar-refractivity contribution in [3.8, 4) is 17.0 Å². The maximum Gasteiger partial charge on any atom is 0.401 e. The van der Waals surface area contributed by atoms with Crippen LogP contribution in [0.2, 0.25) is 5.02 Å². The SMILES string of the molecule is CCn1nc(C(=O)NCC2(O)CCC(C)CC2)c(Cl)c1-c1ccc(C(=O)C2(C(F)(F)F)CC2)cc1OC(F)F.O=S=O. The molecule has 0 saturated heterocycles. The number of halogens is 6. The molecule has 2 fully saturated rings. The summed E-state index contributed by atoms with van der Waals surface area (Å²) in [5.41, 5.74) is -4.33. The molecule has 0 radical (unpaired) electrons. The zero-order chi connectivity index (χ0) is 31.5. The summed E-state index contributed by atoms with van der Waals surface area (Å²) in [4.78, 5) is 25.7. The molecule has 42 heavy (non-hydrogen) atoms. The highest BCUT2D eigenvalue weighted by molar-refractivity contribution is 7.51. The number of amides is 1. The first-order valence-electron chi connectivity index (χ1n) is 13.0. The van der Waals surface area contributed by atoms with Gasteiger partial charge in [-0.15, -0.1) is 0 Å². The summed E-state index contributed by atoms with van der Waals surface area (Å²) < 4.78 is 89.5. The third kappa shape index (κ3) is 7.17. The van der Waals surface area contributed by atoms with Gasteiger partial charge < -0.3 is 15.2 Å². The van der Waals surface area contributed by atoms with Crippen molar-refractivity contribution in [1.82, 2.24) is 15.1 Å². The number of carbonyl (C=O) groups is 2. The molecule has 2 aliphatic carbocycles. The van der Waals surface area contributed by atoms with Crippen LogP contribution in [0.1, 0.15) is 73.2 Å². The Morgan fingerprint density at radius 1 is 1.21 bits per heavy atom.